The number of nitrogens with zero attached hydrogens (tertiary/aromatic N) is 5. The molecule has 146 valence electrons. The number of anilines is 1. The van der Waals surface area contributed by atoms with Gasteiger partial charge in [0.25, 0.3) is 0 Å². The van der Waals surface area contributed by atoms with E-state index in [9.17, 15) is 8.42 Å². The second-order valence-electron chi connectivity index (χ2n) is 6.93. The molecule has 1 aliphatic heterocycles. The van der Waals surface area contributed by atoms with Crippen molar-refractivity contribution in [3.8, 4) is 5.69 Å². The fourth-order valence-corrected chi connectivity index (χ4v) is 5.12. The lowest BCUT2D eigenvalue weighted by atomic mass is 10.1. The van der Waals surface area contributed by atoms with Crippen LogP contribution in [-0.4, -0.2) is 46.2 Å². The van der Waals surface area contributed by atoms with Gasteiger partial charge in [-0.1, -0.05) is 19.1 Å². The van der Waals surface area contributed by atoms with Crippen molar-refractivity contribution in [2.45, 2.75) is 41.5 Å². The summed E-state index contributed by atoms with van der Waals surface area (Å²) in [5.41, 5.74) is 1.91. The van der Waals surface area contributed by atoms with Crippen LogP contribution in [0, 0.1) is 0 Å². The summed E-state index contributed by atoms with van der Waals surface area (Å²) in [6, 6.07) is 15.3. The van der Waals surface area contributed by atoms with E-state index in [0.717, 1.165) is 5.69 Å². The minimum atomic E-state index is -3.24. The van der Waals surface area contributed by atoms with Crippen molar-refractivity contribution >= 4 is 27.3 Å². The number of sulfone groups is 1. The summed E-state index contributed by atoms with van der Waals surface area (Å²) in [4.78, 5) is 3.85. The molecule has 1 aliphatic rings. The van der Waals surface area contributed by atoms with Gasteiger partial charge in [0, 0.05) is 22.4 Å². The summed E-state index contributed by atoms with van der Waals surface area (Å²) in [7, 11) is -3.24. The van der Waals surface area contributed by atoms with Gasteiger partial charge >= 0.3 is 0 Å². The Hall–Kier alpha value is -2.39. The third kappa shape index (κ3) is 3.51. The standard InChI is InChI=1S/C19H21N5O2S2/c1-13-14(2)27-18-7-5-4-6-17(18)23(13)12-19-20-21-22-24(19)15-8-10-16(11-9-15)28(3,25)26/h4-11,13-14H,12H2,1-3H3/t13-,14+/m1/s1. The number of thioether (sulfide) groups is 1. The summed E-state index contributed by atoms with van der Waals surface area (Å²) in [5.74, 6) is 0.702. The molecular formula is C19H21N5O2S2. The topological polar surface area (TPSA) is 81.0 Å². The molecule has 3 aromatic rings. The highest BCUT2D eigenvalue weighted by Gasteiger charge is 2.30. The lowest BCUT2D eigenvalue weighted by Crippen LogP contribution is -2.42. The van der Waals surface area contributed by atoms with Gasteiger partial charge in [-0.3, -0.25) is 0 Å². The number of hydrogen-bond donors (Lipinski definition) is 0. The second kappa shape index (κ2) is 7.21. The normalized spacial score (nSPS) is 19.5. The highest BCUT2D eigenvalue weighted by Crippen LogP contribution is 2.41. The van der Waals surface area contributed by atoms with Crippen molar-refractivity contribution in [3.63, 3.8) is 0 Å². The molecule has 7 nitrogen and oxygen atoms in total. The van der Waals surface area contributed by atoms with Gasteiger partial charge in [-0.05, 0) is 53.7 Å². The quantitative estimate of drug-likeness (QED) is 0.648. The Bertz CT molecular complexity index is 1100. The molecule has 1 aromatic heterocycles. The molecule has 2 atom stereocenters. The van der Waals surface area contributed by atoms with Crippen LogP contribution in [0.1, 0.15) is 19.7 Å². The first-order chi connectivity index (χ1) is 13.3. The second-order valence-corrected chi connectivity index (χ2v) is 10.4. The molecule has 0 fully saturated rings. The van der Waals surface area contributed by atoms with E-state index >= 15 is 0 Å². The van der Waals surface area contributed by atoms with Gasteiger partial charge in [-0.2, -0.15) is 4.68 Å². The van der Waals surface area contributed by atoms with Crippen molar-refractivity contribution in [3.05, 3.63) is 54.4 Å². The molecule has 2 aromatic carbocycles. The Labute approximate surface area is 168 Å². The maximum atomic E-state index is 11.7. The average molecular weight is 416 g/mol. The number of para-hydroxylation sites is 1. The maximum Gasteiger partial charge on any atom is 0.175 e. The van der Waals surface area contributed by atoms with E-state index in [0.29, 0.717) is 23.7 Å². The zero-order valence-electron chi connectivity index (χ0n) is 15.8. The number of hydrogen-bond acceptors (Lipinski definition) is 7. The van der Waals surface area contributed by atoms with Gasteiger partial charge < -0.3 is 4.90 Å². The van der Waals surface area contributed by atoms with Crippen LogP contribution < -0.4 is 4.90 Å². The Kier molecular flexibility index (Phi) is 4.88. The first-order valence-electron chi connectivity index (χ1n) is 8.94. The minimum absolute atomic E-state index is 0.273. The van der Waals surface area contributed by atoms with Crippen molar-refractivity contribution in [1.82, 2.24) is 20.2 Å². The van der Waals surface area contributed by atoms with Gasteiger partial charge in [0.15, 0.2) is 15.7 Å². The fraction of sp³-hybridized carbons (Fsp3) is 0.316. The smallest absolute Gasteiger partial charge is 0.175 e. The van der Waals surface area contributed by atoms with E-state index in [1.54, 1.807) is 28.9 Å². The first kappa shape index (κ1) is 18.9. The molecule has 0 radical (unpaired) electrons. The van der Waals surface area contributed by atoms with Crippen LogP contribution in [-0.2, 0) is 16.4 Å². The van der Waals surface area contributed by atoms with Crippen LogP contribution in [0.15, 0.2) is 58.3 Å². The average Bonchev–Trinajstić information content (AvgIpc) is 3.13. The third-order valence-electron chi connectivity index (χ3n) is 5.01. The van der Waals surface area contributed by atoms with Crippen LogP contribution in [0.4, 0.5) is 5.69 Å². The summed E-state index contributed by atoms with van der Waals surface area (Å²) in [5, 5.41) is 12.6. The molecule has 0 spiro atoms. The Balaban J connectivity index is 1.67. The van der Waals surface area contributed by atoms with Gasteiger partial charge in [-0.15, -0.1) is 16.9 Å². The highest BCUT2D eigenvalue weighted by atomic mass is 32.2. The summed E-state index contributed by atoms with van der Waals surface area (Å²) < 4.78 is 25.0. The van der Waals surface area contributed by atoms with E-state index in [1.807, 2.05) is 17.8 Å². The van der Waals surface area contributed by atoms with Gasteiger partial charge in [-0.25, -0.2) is 8.42 Å². The molecule has 4 rings (SSSR count). The Morgan fingerprint density at radius 2 is 1.79 bits per heavy atom. The van der Waals surface area contributed by atoms with Crippen molar-refractivity contribution in [2.24, 2.45) is 0 Å². The number of tetrazole rings is 1. The predicted octanol–water partition coefficient (Wildman–Crippen LogP) is 2.96. The maximum absolute atomic E-state index is 11.7. The molecule has 0 N–H and O–H groups in total. The lowest BCUT2D eigenvalue weighted by molar-refractivity contribution is 0.592. The van der Waals surface area contributed by atoms with Crippen LogP contribution in [0.25, 0.3) is 5.69 Å². The highest BCUT2D eigenvalue weighted by molar-refractivity contribution is 8.00. The van der Waals surface area contributed by atoms with E-state index < -0.39 is 9.84 Å². The molecule has 0 amide bonds. The van der Waals surface area contributed by atoms with Crippen LogP contribution in [0.2, 0.25) is 0 Å². The number of aromatic nitrogens is 4. The SMILES string of the molecule is C[C@@H]1Sc2ccccc2N(Cc2nnnn2-c2ccc(S(C)(=O)=O)cc2)[C@@H]1C. The number of rotatable bonds is 4. The van der Waals surface area contributed by atoms with Crippen LogP contribution in [0.5, 0.6) is 0 Å². The Morgan fingerprint density at radius 1 is 1.07 bits per heavy atom. The molecule has 0 unspecified atom stereocenters. The fourth-order valence-electron chi connectivity index (χ4n) is 3.29. The van der Waals surface area contributed by atoms with E-state index in [1.165, 1.54) is 16.8 Å². The zero-order chi connectivity index (χ0) is 19.9. The Morgan fingerprint density at radius 3 is 2.50 bits per heavy atom. The zero-order valence-corrected chi connectivity index (χ0v) is 17.5. The molecule has 0 saturated carbocycles. The third-order valence-corrected chi connectivity index (χ3v) is 7.51. The minimum Gasteiger partial charge on any atom is -0.359 e. The lowest BCUT2D eigenvalue weighted by Gasteiger charge is -2.40. The van der Waals surface area contributed by atoms with E-state index in [2.05, 4.69) is 52.5 Å². The van der Waals surface area contributed by atoms with Gasteiger partial charge in [0.1, 0.15) is 0 Å². The first-order valence-corrected chi connectivity index (χ1v) is 11.7. The predicted molar refractivity (Wildman–Crippen MR) is 110 cm³/mol. The van der Waals surface area contributed by atoms with Crippen molar-refractivity contribution < 1.29 is 8.42 Å². The molecule has 0 bridgehead atoms. The molecule has 9 heteroatoms. The molecular weight excluding hydrogens is 394 g/mol. The molecule has 28 heavy (non-hydrogen) atoms. The summed E-state index contributed by atoms with van der Waals surface area (Å²) >= 11 is 1.88. The van der Waals surface area contributed by atoms with Crippen molar-refractivity contribution in [1.29, 1.82) is 0 Å². The van der Waals surface area contributed by atoms with Gasteiger partial charge in [0.05, 0.1) is 22.8 Å². The van der Waals surface area contributed by atoms with Gasteiger partial charge in [0.2, 0.25) is 0 Å². The number of benzene rings is 2. The van der Waals surface area contributed by atoms with E-state index in [4.69, 9.17) is 0 Å². The summed E-state index contributed by atoms with van der Waals surface area (Å²) in [6.45, 7) is 5.00. The largest absolute Gasteiger partial charge is 0.359 e. The van der Waals surface area contributed by atoms with Crippen LogP contribution in [0.3, 0.4) is 0 Å². The number of fused-ring (bicyclic) bond motifs is 1. The molecule has 2 heterocycles. The van der Waals surface area contributed by atoms with Crippen molar-refractivity contribution in [2.75, 3.05) is 11.2 Å². The van der Waals surface area contributed by atoms with E-state index in [-0.39, 0.29) is 4.90 Å². The summed E-state index contributed by atoms with van der Waals surface area (Å²) in [6.07, 6.45) is 1.19. The van der Waals surface area contributed by atoms with Crippen LogP contribution >= 0.6 is 11.8 Å². The molecule has 0 aliphatic carbocycles. The molecule has 0 saturated heterocycles. The monoisotopic (exact) mass is 415 g/mol.